The Hall–Kier alpha value is -1.02. The summed E-state index contributed by atoms with van der Waals surface area (Å²) < 4.78 is 0. The molecular weight excluding hydrogens is 196 g/mol. The average Bonchev–Trinajstić information content (AvgIpc) is 2.30. The van der Waals surface area contributed by atoms with Gasteiger partial charge < -0.3 is 10.6 Å². The molecule has 0 saturated carbocycles. The minimum atomic E-state index is 0.642. The number of aryl methyl sites for hydroxylation is 1. The minimum absolute atomic E-state index is 0.642. The zero-order chi connectivity index (χ0) is 11.5. The molecule has 88 valence electrons. The van der Waals surface area contributed by atoms with Crippen molar-refractivity contribution in [3.63, 3.8) is 0 Å². The maximum absolute atomic E-state index is 5.68. The van der Waals surface area contributed by atoms with Crippen LogP contribution in [0.25, 0.3) is 0 Å². The highest BCUT2D eigenvalue weighted by Crippen LogP contribution is 2.24. The highest BCUT2D eigenvalue weighted by atomic mass is 15.1. The summed E-state index contributed by atoms with van der Waals surface area (Å²) in [6, 6.07) is 6.66. The van der Waals surface area contributed by atoms with Crippen molar-refractivity contribution in [2.24, 2.45) is 11.7 Å². The Balaban J connectivity index is 2.12. The van der Waals surface area contributed by atoms with Crippen molar-refractivity contribution in [2.75, 3.05) is 18.0 Å². The third-order valence-corrected chi connectivity index (χ3v) is 3.69. The Bertz CT molecular complexity index is 352. The summed E-state index contributed by atoms with van der Waals surface area (Å²) in [6.45, 7) is 7.53. The van der Waals surface area contributed by atoms with E-state index in [1.54, 1.807) is 0 Å². The van der Waals surface area contributed by atoms with Gasteiger partial charge in [0, 0.05) is 25.3 Å². The lowest BCUT2D eigenvalue weighted by molar-refractivity contribution is 0.438. The molecule has 16 heavy (non-hydrogen) atoms. The lowest BCUT2D eigenvalue weighted by atomic mass is 9.98. The highest BCUT2D eigenvalue weighted by molar-refractivity contribution is 5.51. The number of rotatable bonds is 2. The lowest BCUT2D eigenvalue weighted by Crippen LogP contribution is -2.32. The van der Waals surface area contributed by atoms with E-state index in [0.717, 1.165) is 5.92 Å². The molecule has 1 aliphatic rings. The van der Waals surface area contributed by atoms with Crippen molar-refractivity contribution in [2.45, 2.75) is 33.2 Å². The second-order valence-corrected chi connectivity index (χ2v) is 4.98. The van der Waals surface area contributed by atoms with Crippen LogP contribution in [0.4, 0.5) is 5.69 Å². The molecule has 1 fully saturated rings. The standard InChI is InChI=1S/C14H22N2/c1-11-5-7-16(8-6-11)14-4-3-13(10-15)12(2)9-14/h3-4,9,11H,5-8,10,15H2,1-2H3. The van der Waals surface area contributed by atoms with Gasteiger partial charge in [-0.2, -0.15) is 0 Å². The summed E-state index contributed by atoms with van der Waals surface area (Å²) in [5.74, 6) is 0.890. The van der Waals surface area contributed by atoms with Crippen LogP contribution in [-0.2, 0) is 6.54 Å². The molecule has 0 atom stereocenters. The van der Waals surface area contributed by atoms with Gasteiger partial charge in [-0.05, 0) is 48.9 Å². The first-order chi connectivity index (χ1) is 7.70. The fourth-order valence-corrected chi connectivity index (χ4v) is 2.37. The number of nitrogens with zero attached hydrogens (tertiary/aromatic N) is 1. The number of anilines is 1. The Labute approximate surface area is 98.4 Å². The average molecular weight is 218 g/mol. The first kappa shape index (κ1) is 11.5. The van der Waals surface area contributed by atoms with Gasteiger partial charge in [-0.25, -0.2) is 0 Å². The fraction of sp³-hybridized carbons (Fsp3) is 0.571. The molecule has 0 aliphatic carbocycles. The molecule has 1 saturated heterocycles. The Kier molecular flexibility index (Phi) is 3.49. The predicted octanol–water partition coefficient (Wildman–Crippen LogP) is 2.69. The van der Waals surface area contributed by atoms with E-state index in [1.807, 2.05) is 0 Å². The number of nitrogens with two attached hydrogens (primary N) is 1. The molecule has 1 aromatic carbocycles. The number of piperidine rings is 1. The molecule has 2 rings (SSSR count). The van der Waals surface area contributed by atoms with E-state index < -0.39 is 0 Å². The van der Waals surface area contributed by atoms with Gasteiger partial charge >= 0.3 is 0 Å². The molecular formula is C14H22N2. The van der Waals surface area contributed by atoms with Crippen LogP contribution in [0.1, 0.15) is 30.9 Å². The molecule has 2 heteroatoms. The van der Waals surface area contributed by atoms with Gasteiger partial charge in [-0.1, -0.05) is 13.0 Å². The molecule has 2 nitrogen and oxygen atoms in total. The first-order valence-corrected chi connectivity index (χ1v) is 6.25. The number of benzene rings is 1. The van der Waals surface area contributed by atoms with E-state index >= 15 is 0 Å². The van der Waals surface area contributed by atoms with Crippen LogP contribution >= 0.6 is 0 Å². The largest absolute Gasteiger partial charge is 0.372 e. The van der Waals surface area contributed by atoms with Gasteiger partial charge in [0.1, 0.15) is 0 Å². The molecule has 0 radical (unpaired) electrons. The van der Waals surface area contributed by atoms with Gasteiger partial charge in [0.05, 0.1) is 0 Å². The van der Waals surface area contributed by atoms with E-state index in [2.05, 4.69) is 36.9 Å². The van der Waals surface area contributed by atoms with E-state index in [1.165, 1.54) is 42.7 Å². The van der Waals surface area contributed by atoms with E-state index in [4.69, 9.17) is 5.73 Å². The van der Waals surface area contributed by atoms with Crippen LogP contribution in [0, 0.1) is 12.8 Å². The summed E-state index contributed by atoms with van der Waals surface area (Å²) >= 11 is 0. The second kappa shape index (κ2) is 4.88. The van der Waals surface area contributed by atoms with Gasteiger partial charge in [-0.15, -0.1) is 0 Å². The summed E-state index contributed by atoms with van der Waals surface area (Å²) in [7, 11) is 0. The van der Waals surface area contributed by atoms with E-state index in [0.29, 0.717) is 6.54 Å². The summed E-state index contributed by atoms with van der Waals surface area (Å²) in [4.78, 5) is 2.49. The number of hydrogen-bond acceptors (Lipinski definition) is 2. The highest BCUT2D eigenvalue weighted by Gasteiger charge is 2.16. The maximum atomic E-state index is 5.68. The van der Waals surface area contributed by atoms with Crippen molar-refractivity contribution in [3.05, 3.63) is 29.3 Å². The van der Waals surface area contributed by atoms with Crippen LogP contribution in [0.2, 0.25) is 0 Å². The van der Waals surface area contributed by atoms with Crippen LogP contribution in [0.15, 0.2) is 18.2 Å². The van der Waals surface area contributed by atoms with E-state index in [-0.39, 0.29) is 0 Å². The zero-order valence-electron chi connectivity index (χ0n) is 10.4. The van der Waals surface area contributed by atoms with Crippen LogP contribution in [-0.4, -0.2) is 13.1 Å². The van der Waals surface area contributed by atoms with Crippen LogP contribution in [0.3, 0.4) is 0 Å². The minimum Gasteiger partial charge on any atom is -0.372 e. The van der Waals surface area contributed by atoms with Gasteiger partial charge in [0.25, 0.3) is 0 Å². The Morgan fingerprint density at radius 2 is 2.00 bits per heavy atom. The molecule has 1 aromatic rings. The third kappa shape index (κ3) is 2.38. The Morgan fingerprint density at radius 3 is 2.56 bits per heavy atom. The molecule has 0 aromatic heterocycles. The van der Waals surface area contributed by atoms with Crippen molar-refractivity contribution >= 4 is 5.69 Å². The van der Waals surface area contributed by atoms with Crippen molar-refractivity contribution in [3.8, 4) is 0 Å². The van der Waals surface area contributed by atoms with Crippen molar-refractivity contribution in [1.29, 1.82) is 0 Å². The number of hydrogen-bond donors (Lipinski definition) is 1. The third-order valence-electron chi connectivity index (χ3n) is 3.69. The maximum Gasteiger partial charge on any atom is 0.0369 e. The van der Waals surface area contributed by atoms with Gasteiger partial charge in [-0.3, -0.25) is 0 Å². The van der Waals surface area contributed by atoms with Gasteiger partial charge in [0.2, 0.25) is 0 Å². The smallest absolute Gasteiger partial charge is 0.0369 e. The molecule has 1 heterocycles. The summed E-state index contributed by atoms with van der Waals surface area (Å²) in [5, 5.41) is 0. The summed E-state index contributed by atoms with van der Waals surface area (Å²) in [5.41, 5.74) is 9.62. The molecule has 0 spiro atoms. The monoisotopic (exact) mass is 218 g/mol. The molecule has 0 bridgehead atoms. The molecule has 0 unspecified atom stereocenters. The fourth-order valence-electron chi connectivity index (χ4n) is 2.37. The molecule has 0 amide bonds. The quantitative estimate of drug-likeness (QED) is 0.827. The summed E-state index contributed by atoms with van der Waals surface area (Å²) in [6.07, 6.45) is 2.63. The van der Waals surface area contributed by atoms with Crippen molar-refractivity contribution in [1.82, 2.24) is 0 Å². The van der Waals surface area contributed by atoms with Gasteiger partial charge in [0.15, 0.2) is 0 Å². The van der Waals surface area contributed by atoms with Crippen molar-refractivity contribution < 1.29 is 0 Å². The van der Waals surface area contributed by atoms with E-state index in [9.17, 15) is 0 Å². The SMILES string of the molecule is Cc1cc(N2CCC(C)CC2)ccc1CN. The first-order valence-electron chi connectivity index (χ1n) is 6.25. The van der Waals surface area contributed by atoms with Crippen LogP contribution in [0.5, 0.6) is 0 Å². The lowest BCUT2D eigenvalue weighted by Gasteiger charge is -2.32. The molecule has 2 N–H and O–H groups in total. The normalized spacial score (nSPS) is 17.8. The topological polar surface area (TPSA) is 29.3 Å². The second-order valence-electron chi connectivity index (χ2n) is 4.98. The zero-order valence-corrected chi connectivity index (χ0v) is 10.4. The molecule has 1 aliphatic heterocycles. The Morgan fingerprint density at radius 1 is 1.31 bits per heavy atom. The predicted molar refractivity (Wildman–Crippen MR) is 69.7 cm³/mol. The van der Waals surface area contributed by atoms with Crippen LogP contribution < -0.4 is 10.6 Å².